The van der Waals surface area contributed by atoms with Crippen LogP contribution in [0.3, 0.4) is 0 Å². The highest BCUT2D eigenvalue weighted by Gasteiger charge is 2.28. The molecule has 0 bridgehead atoms. The molecule has 144 valence electrons. The van der Waals surface area contributed by atoms with Crippen LogP contribution in [-0.2, 0) is 4.79 Å². The summed E-state index contributed by atoms with van der Waals surface area (Å²) in [5.74, 6) is 2.20. The van der Waals surface area contributed by atoms with Crippen LogP contribution in [0.1, 0.15) is 24.5 Å². The molecule has 0 spiro atoms. The number of nitrogens with zero attached hydrogens (tertiary/aromatic N) is 4. The van der Waals surface area contributed by atoms with E-state index in [1.54, 1.807) is 19.5 Å². The molecule has 2 aromatic rings. The molecule has 1 atom stereocenters. The van der Waals surface area contributed by atoms with Gasteiger partial charge < -0.3 is 19.3 Å². The van der Waals surface area contributed by atoms with E-state index < -0.39 is 0 Å². The van der Waals surface area contributed by atoms with Crippen molar-refractivity contribution in [2.45, 2.75) is 18.8 Å². The van der Waals surface area contributed by atoms with Crippen molar-refractivity contribution < 1.29 is 14.3 Å². The summed E-state index contributed by atoms with van der Waals surface area (Å²) in [5.41, 5.74) is 0.802. The number of likely N-dealkylation sites (tertiary alicyclic amines) is 1. The average Bonchev–Trinajstić information content (AvgIpc) is 2.68. The van der Waals surface area contributed by atoms with E-state index in [1.165, 1.54) is 0 Å². The summed E-state index contributed by atoms with van der Waals surface area (Å²) >= 11 is 0. The van der Waals surface area contributed by atoms with Crippen LogP contribution in [0.5, 0.6) is 17.4 Å². The SMILES string of the molecule is COc1ccc(Oc2nccnc2[C@@H]2CCCN(C(=O)CN(C)C)C2)cc1. The topological polar surface area (TPSA) is 67.8 Å². The predicted molar refractivity (Wildman–Crippen MR) is 102 cm³/mol. The third-order valence-corrected chi connectivity index (χ3v) is 4.58. The van der Waals surface area contributed by atoms with Crippen LogP contribution in [0.15, 0.2) is 36.7 Å². The second-order valence-electron chi connectivity index (χ2n) is 6.94. The van der Waals surface area contributed by atoms with Crippen LogP contribution >= 0.6 is 0 Å². The van der Waals surface area contributed by atoms with E-state index in [4.69, 9.17) is 9.47 Å². The van der Waals surface area contributed by atoms with Crippen molar-refractivity contribution in [2.75, 3.05) is 40.8 Å². The molecule has 7 heteroatoms. The highest BCUT2D eigenvalue weighted by Crippen LogP contribution is 2.33. The molecule has 0 N–H and O–H groups in total. The number of benzene rings is 1. The molecule has 0 radical (unpaired) electrons. The fourth-order valence-electron chi connectivity index (χ4n) is 3.25. The van der Waals surface area contributed by atoms with Crippen LogP contribution < -0.4 is 9.47 Å². The molecule has 3 rings (SSSR count). The lowest BCUT2D eigenvalue weighted by atomic mass is 9.94. The van der Waals surface area contributed by atoms with Crippen molar-refractivity contribution in [3.63, 3.8) is 0 Å². The number of hydrogen-bond acceptors (Lipinski definition) is 6. The number of amides is 1. The maximum Gasteiger partial charge on any atom is 0.241 e. The number of likely N-dealkylation sites (N-methyl/N-ethyl adjacent to an activating group) is 1. The first-order chi connectivity index (χ1) is 13.1. The Morgan fingerprint density at radius 2 is 1.89 bits per heavy atom. The largest absolute Gasteiger partial charge is 0.497 e. The van der Waals surface area contributed by atoms with E-state index in [1.807, 2.05) is 48.2 Å². The molecule has 0 unspecified atom stereocenters. The Kier molecular flexibility index (Phi) is 6.24. The molecular weight excluding hydrogens is 344 g/mol. The molecule has 1 aromatic carbocycles. The Hall–Kier alpha value is -2.67. The van der Waals surface area contributed by atoms with Crippen LogP contribution in [-0.4, -0.2) is 66.5 Å². The number of aromatic nitrogens is 2. The lowest BCUT2D eigenvalue weighted by Gasteiger charge is -2.33. The van der Waals surface area contributed by atoms with Gasteiger partial charge in [0, 0.05) is 31.4 Å². The minimum absolute atomic E-state index is 0.117. The number of ether oxygens (including phenoxy) is 2. The van der Waals surface area contributed by atoms with E-state index >= 15 is 0 Å². The van der Waals surface area contributed by atoms with Gasteiger partial charge >= 0.3 is 0 Å². The van der Waals surface area contributed by atoms with Crippen molar-refractivity contribution in [3.05, 3.63) is 42.4 Å². The minimum Gasteiger partial charge on any atom is -0.497 e. The Bertz CT molecular complexity index is 764. The molecule has 0 saturated carbocycles. The van der Waals surface area contributed by atoms with Crippen LogP contribution in [0.4, 0.5) is 0 Å². The van der Waals surface area contributed by atoms with Crippen molar-refractivity contribution in [3.8, 4) is 17.4 Å². The normalized spacial score (nSPS) is 17.0. The molecule has 0 aliphatic carbocycles. The molecule has 1 fully saturated rings. The molecule has 1 aromatic heterocycles. The second-order valence-corrected chi connectivity index (χ2v) is 6.94. The molecule has 1 aliphatic heterocycles. The minimum atomic E-state index is 0.117. The fraction of sp³-hybridized carbons (Fsp3) is 0.450. The van der Waals surface area contributed by atoms with Crippen LogP contribution in [0.25, 0.3) is 0 Å². The summed E-state index contributed by atoms with van der Waals surface area (Å²) in [6.45, 7) is 1.85. The summed E-state index contributed by atoms with van der Waals surface area (Å²) in [6, 6.07) is 7.36. The smallest absolute Gasteiger partial charge is 0.241 e. The number of rotatable bonds is 6. The quantitative estimate of drug-likeness (QED) is 0.778. The van der Waals surface area contributed by atoms with Crippen molar-refractivity contribution in [1.82, 2.24) is 19.8 Å². The van der Waals surface area contributed by atoms with Gasteiger partial charge in [-0.25, -0.2) is 4.98 Å². The summed E-state index contributed by atoms with van der Waals surface area (Å²) in [6.07, 6.45) is 5.21. The highest BCUT2D eigenvalue weighted by atomic mass is 16.5. The zero-order valence-electron chi connectivity index (χ0n) is 16.1. The number of carbonyl (C=O) groups excluding carboxylic acids is 1. The molecular formula is C20H26N4O3. The van der Waals surface area contributed by atoms with Crippen molar-refractivity contribution in [1.29, 1.82) is 0 Å². The van der Waals surface area contributed by atoms with Crippen LogP contribution in [0.2, 0.25) is 0 Å². The summed E-state index contributed by atoms with van der Waals surface area (Å²) in [5, 5.41) is 0. The van der Waals surface area contributed by atoms with Gasteiger partial charge in [-0.3, -0.25) is 9.78 Å². The summed E-state index contributed by atoms with van der Waals surface area (Å²) in [4.78, 5) is 25.1. The Morgan fingerprint density at radius 1 is 1.19 bits per heavy atom. The number of carbonyl (C=O) groups is 1. The molecule has 1 aliphatic rings. The van der Waals surface area contributed by atoms with Gasteiger partial charge in [0.2, 0.25) is 11.8 Å². The molecule has 7 nitrogen and oxygen atoms in total. The third kappa shape index (κ3) is 4.95. The van der Waals surface area contributed by atoms with Gasteiger partial charge in [0.25, 0.3) is 0 Å². The third-order valence-electron chi connectivity index (χ3n) is 4.58. The average molecular weight is 370 g/mol. The summed E-state index contributed by atoms with van der Waals surface area (Å²) < 4.78 is 11.2. The van der Waals surface area contributed by atoms with Gasteiger partial charge in [0.05, 0.1) is 13.7 Å². The number of piperidine rings is 1. The monoisotopic (exact) mass is 370 g/mol. The maximum atomic E-state index is 12.4. The Labute approximate surface area is 159 Å². The number of hydrogen-bond donors (Lipinski definition) is 0. The molecule has 1 saturated heterocycles. The van der Waals surface area contributed by atoms with Crippen molar-refractivity contribution >= 4 is 5.91 Å². The van der Waals surface area contributed by atoms with Gasteiger partial charge in [-0.05, 0) is 51.2 Å². The van der Waals surface area contributed by atoms with E-state index in [2.05, 4.69) is 9.97 Å². The lowest BCUT2D eigenvalue weighted by Crippen LogP contribution is -2.43. The van der Waals surface area contributed by atoms with Crippen LogP contribution in [0, 0.1) is 0 Å². The zero-order valence-corrected chi connectivity index (χ0v) is 16.1. The first kappa shape index (κ1) is 19.1. The van der Waals surface area contributed by atoms with Gasteiger partial charge in [-0.2, -0.15) is 0 Å². The van der Waals surface area contributed by atoms with Gasteiger partial charge in [0.15, 0.2) is 0 Å². The zero-order chi connectivity index (χ0) is 19.2. The second kappa shape index (κ2) is 8.81. The molecule has 1 amide bonds. The first-order valence-electron chi connectivity index (χ1n) is 9.12. The van der Waals surface area contributed by atoms with Gasteiger partial charge in [-0.15, -0.1) is 0 Å². The van der Waals surface area contributed by atoms with E-state index in [0.29, 0.717) is 24.7 Å². The number of methoxy groups -OCH3 is 1. The predicted octanol–water partition coefficient (Wildman–Crippen LogP) is 2.55. The molecule has 2 heterocycles. The summed E-state index contributed by atoms with van der Waals surface area (Å²) in [7, 11) is 5.44. The van der Waals surface area contributed by atoms with Gasteiger partial charge in [0.1, 0.15) is 17.2 Å². The van der Waals surface area contributed by atoms with E-state index in [9.17, 15) is 4.79 Å². The lowest BCUT2D eigenvalue weighted by molar-refractivity contribution is -0.133. The maximum absolute atomic E-state index is 12.4. The molecule has 27 heavy (non-hydrogen) atoms. The van der Waals surface area contributed by atoms with E-state index in [-0.39, 0.29) is 11.8 Å². The Balaban J connectivity index is 1.75. The standard InChI is InChI=1S/C20H26N4O3/c1-23(2)14-18(25)24-12-4-5-15(13-24)19-20(22-11-10-21-19)27-17-8-6-16(26-3)7-9-17/h6-11,15H,4-5,12-14H2,1-3H3/t15-/m1/s1. The first-order valence-corrected chi connectivity index (χ1v) is 9.12. The van der Waals surface area contributed by atoms with Crippen molar-refractivity contribution in [2.24, 2.45) is 0 Å². The fourth-order valence-corrected chi connectivity index (χ4v) is 3.25. The Morgan fingerprint density at radius 3 is 2.59 bits per heavy atom. The van der Waals surface area contributed by atoms with E-state index in [0.717, 1.165) is 30.8 Å². The van der Waals surface area contributed by atoms with Gasteiger partial charge in [-0.1, -0.05) is 0 Å². The highest BCUT2D eigenvalue weighted by molar-refractivity contribution is 5.78.